The van der Waals surface area contributed by atoms with Crippen molar-refractivity contribution in [3.05, 3.63) is 70.8 Å². The van der Waals surface area contributed by atoms with Crippen LogP contribution in [0, 0.1) is 0 Å². The molecule has 0 bridgehead atoms. The SMILES string of the molecule is COCc1ccc(C(=O)C(=O)c2ccc(COC)cc2)cc1. The molecule has 0 aliphatic carbocycles. The van der Waals surface area contributed by atoms with Crippen LogP contribution < -0.4 is 0 Å². The highest BCUT2D eigenvalue weighted by Crippen LogP contribution is 2.12. The molecule has 0 aromatic heterocycles. The first-order chi connectivity index (χ1) is 10.7. The lowest BCUT2D eigenvalue weighted by molar-refractivity contribution is 0.0817. The predicted molar refractivity (Wildman–Crippen MR) is 83.0 cm³/mol. The van der Waals surface area contributed by atoms with Gasteiger partial charge in [-0.3, -0.25) is 9.59 Å². The average molecular weight is 298 g/mol. The van der Waals surface area contributed by atoms with Crippen LogP contribution in [0.5, 0.6) is 0 Å². The lowest BCUT2D eigenvalue weighted by Gasteiger charge is -2.04. The summed E-state index contributed by atoms with van der Waals surface area (Å²) < 4.78 is 10.0. The summed E-state index contributed by atoms with van der Waals surface area (Å²) in [5.41, 5.74) is 2.67. The number of carbonyl (C=O) groups excluding carboxylic acids is 2. The van der Waals surface area contributed by atoms with Crippen LogP contribution in [0.2, 0.25) is 0 Å². The maximum atomic E-state index is 12.2. The Kier molecular flexibility index (Phi) is 5.58. The largest absolute Gasteiger partial charge is 0.380 e. The molecule has 0 amide bonds. The van der Waals surface area contributed by atoms with Crippen molar-refractivity contribution in [1.29, 1.82) is 0 Å². The third-order valence-corrected chi connectivity index (χ3v) is 3.26. The number of ketones is 2. The molecule has 0 spiro atoms. The van der Waals surface area contributed by atoms with E-state index in [1.54, 1.807) is 62.8 Å². The first kappa shape index (κ1) is 16.1. The first-order valence-electron chi connectivity index (χ1n) is 6.90. The van der Waals surface area contributed by atoms with E-state index in [-0.39, 0.29) is 0 Å². The number of carbonyl (C=O) groups is 2. The van der Waals surface area contributed by atoms with Gasteiger partial charge in [-0.15, -0.1) is 0 Å². The van der Waals surface area contributed by atoms with Crippen molar-refractivity contribution >= 4 is 11.6 Å². The number of methoxy groups -OCH3 is 2. The molecule has 0 unspecified atom stereocenters. The third kappa shape index (κ3) is 3.87. The minimum atomic E-state index is -0.511. The van der Waals surface area contributed by atoms with Crippen LogP contribution in [-0.2, 0) is 22.7 Å². The van der Waals surface area contributed by atoms with E-state index in [0.717, 1.165) is 11.1 Å². The molecule has 114 valence electrons. The van der Waals surface area contributed by atoms with Crippen LogP contribution >= 0.6 is 0 Å². The number of Topliss-reactive ketones (excluding diaryl/α,β-unsaturated/α-hetero) is 2. The van der Waals surface area contributed by atoms with E-state index >= 15 is 0 Å². The molecule has 0 saturated carbocycles. The normalized spacial score (nSPS) is 10.5. The Bertz CT molecular complexity index is 582. The maximum Gasteiger partial charge on any atom is 0.233 e. The Hall–Kier alpha value is -2.30. The molecule has 0 radical (unpaired) electrons. The summed E-state index contributed by atoms with van der Waals surface area (Å²) in [4.78, 5) is 24.4. The Morgan fingerprint density at radius 1 is 0.682 bits per heavy atom. The summed E-state index contributed by atoms with van der Waals surface area (Å²) in [6, 6.07) is 13.7. The molecule has 4 heteroatoms. The van der Waals surface area contributed by atoms with E-state index in [9.17, 15) is 9.59 Å². The van der Waals surface area contributed by atoms with Crippen LogP contribution in [0.25, 0.3) is 0 Å². The molecule has 2 aromatic rings. The summed E-state index contributed by atoms with van der Waals surface area (Å²) in [5.74, 6) is -1.02. The van der Waals surface area contributed by atoms with Gasteiger partial charge in [-0.2, -0.15) is 0 Å². The van der Waals surface area contributed by atoms with E-state index < -0.39 is 11.6 Å². The van der Waals surface area contributed by atoms with Crippen molar-refractivity contribution < 1.29 is 19.1 Å². The lowest BCUT2D eigenvalue weighted by Crippen LogP contribution is -2.14. The fraction of sp³-hybridized carbons (Fsp3) is 0.222. The Labute approximate surface area is 129 Å². The van der Waals surface area contributed by atoms with Gasteiger partial charge in [0.25, 0.3) is 0 Å². The molecule has 0 aliphatic heterocycles. The summed E-state index contributed by atoms with van der Waals surface area (Å²) in [6.07, 6.45) is 0. The smallest absolute Gasteiger partial charge is 0.233 e. The van der Waals surface area contributed by atoms with Gasteiger partial charge < -0.3 is 9.47 Å². The minimum Gasteiger partial charge on any atom is -0.380 e. The van der Waals surface area contributed by atoms with Crippen LogP contribution in [0.3, 0.4) is 0 Å². The molecule has 22 heavy (non-hydrogen) atoms. The molecule has 4 nitrogen and oxygen atoms in total. The summed E-state index contributed by atoms with van der Waals surface area (Å²) in [6.45, 7) is 0.951. The Morgan fingerprint density at radius 3 is 1.27 bits per heavy atom. The van der Waals surface area contributed by atoms with E-state index in [2.05, 4.69) is 0 Å². The highest BCUT2D eigenvalue weighted by Gasteiger charge is 2.18. The van der Waals surface area contributed by atoms with Crippen LogP contribution in [0.15, 0.2) is 48.5 Å². The molecular weight excluding hydrogens is 280 g/mol. The molecule has 2 aromatic carbocycles. The van der Waals surface area contributed by atoms with Crippen molar-refractivity contribution in [2.75, 3.05) is 14.2 Å². The number of rotatable bonds is 7. The van der Waals surface area contributed by atoms with Crippen LogP contribution in [-0.4, -0.2) is 25.8 Å². The number of hydrogen-bond donors (Lipinski definition) is 0. The standard InChI is InChI=1S/C18H18O4/c1-21-11-13-3-7-15(8-4-13)17(19)18(20)16-9-5-14(6-10-16)12-22-2/h3-10H,11-12H2,1-2H3. The second kappa shape index (κ2) is 7.64. The molecular formula is C18H18O4. The van der Waals surface area contributed by atoms with Crippen molar-refractivity contribution in [1.82, 2.24) is 0 Å². The lowest BCUT2D eigenvalue weighted by atomic mass is 10.00. The Balaban J connectivity index is 2.12. The van der Waals surface area contributed by atoms with Gasteiger partial charge >= 0.3 is 0 Å². The van der Waals surface area contributed by atoms with Gasteiger partial charge in [0.05, 0.1) is 13.2 Å². The van der Waals surface area contributed by atoms with Gasteiger partial charge in [-0.05, 0) is 11.1 Å². The van der Waals surface area contributed by atoms with Crippen LogP contribution in [0.4, 0.5) is 0 Å². The van der Waals surface area contributed by atoms with Crippen molar-refractivity contribution in [3.63, 3.8) is 0 Å². The van der Waals surface area contributed by atoms with Gasteiger partial charge in [-0.1, -0.05) is 48.5 Å². The zero-order valence-corrected chi connectivity index (χ0v) is 12.7. The summed E-state index contributed by atoms with van der Waals surface area (Å²) in [5, 5.41) is 0. The fourth-order valence-electron chi connectivity index (χ4n) is 2.10. The minimum absolute atomic E-state index is 0.380. The topological polar surface area (TPSA) is 52.6 Å². The second-order valence-electron chi connectivity index (χ2n) is 4.92. The van der Waals surface area contributed by atoms with Crippen molar-refractivity contribution in [2.24, 2.45) is 0 Å². The van der Waals surface area contributed by atoms with E-state index in [1.807, 2.05) is 0 Å². The molecule has 2 rings (SSSR count). The molecule has 0 fully saturated rings. The molecule has 0 heterocycles. The Morgan fingerprint density at radius 2 is 1.00 bits per heavy atom. The van der Waals surface area contributed by atoms with Crippen molar-refractivity contribution in [2.45, 2.75) is 13.2 Å². The van der Waals surface area contributed by atoms with Gasteiger partial charge in [0.1, 0.15) is 0 Å². The zero-order valence-electron chi connectivity index (χ0n) is 12.7. The van der Waals surface area contributed by atoms with Crippen molar-refractivity contribution in [3.8, 4) is 0 Å². The summed E-state index contributed by atoms with van der Waals surface area (Å²) >= 11 is 0. The van der Waals surface area contributed by atoms with Gasteiger partial charge in [0.2, 0.25) is 11.6 Å². The average Bonchev–Trinajstić information content (AvgIpc) is 2.55. The molecule has 0 N–H and O–H groups in total. The number of hydrogen-bond acceptors (Lipinski definition) is 4. The predicted octanol–water partition coefficient (Wildman–Crippen LogP) is 3.05. The van der Waals surface area contributed by atoms with Crippen LogP contribution in [0.1, 0.15) is 31.8 Å². The van der Waals surface area contributed by atoms with Gasteiger partial charge in [-0.25, -0.2) is 0 Å². The molecule has 0 aliphatic rings. The molecule has 0 saturated heterocycles. The third-order valence-electron chi connectivity index (χ3n) is 3.26. The zero-order chi connectivity index (χ0) is 15.9. The number of ether oxygens (including phenoxy) is 2. The molecule has 0 atom stereocenters. The monoisotopic (exact) mass is 298 g/mol. The first-order valence-corrected chi connectivity index (χ1v) is 6.90. The quantitative estimate of drug-likeness (QED) is 0.582. The second-order valence-corrected chi connectivity index (χ2v) is 4.92. The van der Waals surface area contributed by atoms with E-state index in [0.29, 0.717) is 24.3 Å². The summed E-state index contributed by atoms with van der Waals surface area (Å²) in [7, 11) is 3.21. The fourth-order valence-corrected chi connectivity index (χ4v) is 2.10. The van der Waals surface area contributed by atoms with Gasteiger partial charge in [0, 0.05) is 25.3 Å². The van der Waals surface area contributed by atoms with E-state index in [4.69, 9.17) is 9.47 Å². The van der Waals surface area contributed by atoms with Gasteiger partial charge in [0.15, 0.2) is 0 Å². The van der Waals surface area contributed by atoms with E-state index in [1.165, 1.54) is 0 Å². The number of benzene rings is 2. The highest BCUT2D eigenvalue weighted by atomic mass is 16.5. The maximum absolute atomic E-state index is 12.2. The highest BCUT2D eigenvalue weighted by molar-refractivity contribution is 6.49.